The second kappa shape index (κ2) is 8.25. The first-order valence-corrected chi connectivity index (χ1v) is 6.63. The van der Waals surface area contributed by atoms with Gasteiger partial charge in [0.25, 0.3) is 0 Å². The summed E-state index contributed by atoms with van der Waals surface area (Å²) in [5.41, 5.74) is 0. The van der Waals surface area contributed by atoms with Crippen LogP contribution in [0.4, 0.5) is 0 Å². The van der Waals surface area contributed by atoms with Crippen LogP contribution >= 0.6 is 24.2 Å². The molecule has 1 amide bonds. The highest BCUT2D eigenvalue weighted by molar-refractivity contribution is 7.98. The average molecular weight is 253 g/mol. The van der Waals surface area contributed by atoms with Crippen molar-refractivity contribution in [1.82, 2.24) is 10.6 Å². The van der Waals surface area contributed by atoms with E-state index in [1.54, 1.807) is 11.8 Å². The molecule has 90 valence electrons. The van der Waals surface area contributed by atoms with E-state index in [1.807, 2.05) is 13.2 Å². The van der Waals surface area contributed by atoms with Crippen molar-refractivity contribution in [2.75, 3.05) is 25.1 Å². The molecule has 0 spiro atoms. The molecule has 0 aromatic carbocycles. The van der Waals surface area contributed by atoms with Gasteiger partial charge in [0.2, 0.25) is 5.91 Å². The van der Waals surface area contributed by atoms with Crippen LogP contribution in [0.25, 0.3) is 0 Å². The molecule has 0 bridgehead atoms. The molecular formula is C10H21ClN2OS. The Hall–Kier alpha value is 0.0700. The molecule has 1 fully saturated rings. The molecule has 1 aliphatic rings. The maximum absolute atomic E-state index is 11.6. The summed E-state index contributed by atoms with van der Waals surface area (Å²) in [5.74, 6) is 1.24. The first-order chi connectivity index (χ1) is 6.74. The lowest BCUT2D eigenvalue weighted by molar-refractivity contribution is -0.124. The van der Waals surface area contributed by atoms with Crippen LogP contribution in [0.5, 0.6) is 0 Å². The molecule has 0 radical (unpaired) electrons. The van der Waals surface area contributed by atoms with Crippen LogP contribution < -0.4 is 10.6 Å². The number of carbonyl (C=O) groups excluding carboxylic acids is 1. The zero-order valence-electron chi connectivity index (χ0n) is 9.41. The molecule has 15 heavy (non-hydrogen) atoms. The lowest BCUT2D eigenvalue weighted by Crippen LogP contribution is -2.47. The number of halogens is 1. The minimum atomic E-state index is 0. The summed E-state index contributed by atoms with van der Waals surface area (Å²) in [6.45, 7) is 4.01. The quantitative estimate of drug-likeness (QED) is 0.792. The Labute approximate surface area is 103 Å². The molecule has 1 rings (SSSR count). The SMILES string of the molecule is CSCC(C)C(=O)N[C@H]1CCCNC1.Cl. The van der Waals surface area contributed by atoms with E-state index in [0.29, 0.717) is 6.04 Å². The van der Waals surface area contributed by atoms with Gasteiger partial charge in [0.05, 0.1) is 0 Å². The van der Waals surface area contributed by atoms with Gasteiger partial charge in [-0.2, -0.15) is 11.8 Å². The van der Waals surface area contributed by atoms with Crippen LogP contribution in [0, 0.1) is 5.92 Å². The van der Waals surface area contributed by atoms with E-state index in [1.165, 1.54) is 6.42 Å². The molecule has 2 atom stereocenters. The number of amides is 1. The van der Waals surface area contributed by atoms with Crippen molar-refractivity contribution in [3.8, 4) is 0 Å². The van der Waals surface area contributed by atoms with E-state index in [-0.39, 0.29) is 24.2 Å². The number of thioether (sulfide) groups is 1. The Morgan fingerprint density at radius 1 is 1.67 bits per heavy atom. The average Bonchev–Trinajstić information content (AvgIpc) is 2.19. The maximum Gasteiger partial charge on any atom is 0.223 e. The molecule has 0 aromatic rings. The Kier molecular flexibility index (Phi) is 8.29. The van der Waals surface area contributed by atoms with E-state index < -0.39 is 0 Å². The van der Waals surface area contributed by atoms with Crippen molar-refractivity contribution in [2.45, 2.75) is 25.8 Å². The van der Waals surface area contributed by atoms with Crippen LogP contribution in [-0.2, 0) is 4.79 Å². The van der Waals surface area contributed by atoms with Crippen LogP contribution in [-0.4, -0.2) is 37.0 Å². The van der Waals surface area contributed by atoms with Crippen LogP contribution in [0.3, 0.4) is 0 Å². The van der Waals surface area contributed by atoms with E-state index in [0.717, 1.165) is 25.3 Å². The molecule has 1 unspecified atom stereocenters. The Balaban J connectivity index is 0.00000196. The third kappa shape index (κ3) is 5.64. The monoisotopic (exact) mass is 252 g/mol. The minimum Gasteiger partial charge on any atom is -0.352 e. The van der Waals surface area contributed by atoms with Gasteiger partial charge in [-0.15, -0.1) is 12.4 Å². The van der Waals surface area contributed by atoms with Gasteiger partial charge in [-0.3, -0.25) is 4.79 Å². The topological polar surface area (TPSA) is 41.1 Å². The van der Waals surface area contributed by atoms with Crippen LogP contribution in [0.15, 0.2) is 0 Å². The molecule has 0 aromatic heterocycles. The van der Waals surface area contributed by atoms with Gasteiger partial charge in [0.15, 0.2) is 0 Å². The van der Waals surface area contributed by atoms with Gasteiger partial charge in [-0.25, -0.2) is 0 Å². The number of hydrogen-bond donors (Lipinski definition) is 2. The summed E-state index contributed by atoms with van der Waals surface area (Å²) in [6.07, 6.45) is 4.32. The van der Waals surface area contributed by atoms with E-state index >= 15 is 0 Å². The number of carbonyl (C=O) groups is 1. The Bertz CT molecular complexity index is 186. The van der Waals surface area contributed by atoms with E-state index in [2.05, 4.69) is 10.6 Å². The Morgan fingerprint density at radius 3 is 2.93 bits per heavy atom. The molecule has 1 saturated heterocycles. The van der Waals surface area contributed by atoms with Crippen molar-refractivity contribution in [3.63, 3.8) is 0 Å². The van der Waals surface area contributed by atoms with Crippen LogP contribution in [0.1, 0.15) is 19.8 Å². The number of piperidine rings is 1. The van der Waals surface area contributed by atoms with Gasteiger partial charge in [-0.05, 0) is 25.6 Å². The highest BCUT2D eigenvalue weighted by Gasteiger charge is 2.18. The van der Waals surface area contributed by atoms with Gasteiger partial charge in [-0.1, -0.05) is 6.92 Å². The van der Waals surface area contributed by atoms with Gasteiger partial charge >= 0.3 is 0 Å². The van der Waals surface area contributed by atoms with Crippen molar-refractivity contribution in [2.24, 2.45) is 5.92 Å². The number of hydrogen-bond acceptors (Lipinski definition) is 3. The molecule has 5 heteroatoms. The first-order valence-electron chi connectivity index (χ1n) is 5.24. The van der Waals surface area contributed by atoms with Crippen LogP contribution in [0.2, 0.25) is 0 Å². The lowest BCUT2D eigenvalue weighted by atomic mass is 10.1. The molecule has 1 aliphatic heterocycles. The fourth-order valence-electron chi connectivity index (χ4n) is 1.64. The van der Waals surface area contributed by atoms with E-state index in [9.17, 15) is 4.79 Å². The predicted molar refractivity (Wildman–Crippen MR) is 68.8 cm³/mol. The largest absolute Gasteiger partial charge is 0.352 e. The lowest BCUT2D eigenvalue weighted by Gasteiger charge is -2.25. The Morgan fingerprint density at radius 2 is 2.40 bits per heavy atom. The molecule has 3 nitrogen and oxygen atoms in total. The standard InChI is InChI=1S/C10H20N2OS.ClH/c1-8(7-14-2)10(13)12-9-4-3-5-11-6-9;/h8-9,11H,3-7H2,1-2H3,(H,12,13);1H/t8?,9-;/m0./s1. The first kappa shape index (κ1) is 15.1. The minimum absolute atomic E-state index is 0. The van der Waals surface area contributed by atoms with Crippen molar-refractivity contribution in [1.29, 1.82) is 0 Å². The van der Waals surface area contributed by atoms with Gasteiger partial charge in [0.1, 0.15) is 0 Å². The fourth-order valence-corrected chi connectivity index (χ4v) is 2.30. The summed E-state index contributed by atoms with van der Waals surface area (Å²) < 4.78 is 0. The normalized spacial score (nSPS) is 22.7. The highest BCUT2D eigenvalue weighted by atomic mass is 35.5. The molecule has 1 heterocycles. The number of nitrogens with one attached hydrogen (secondary N) is 2. The fraction of sp³-hybridized carbons (Fsp3) is 0.900. The van der Waals surface area contributed by atoms with Crippen molar-refractivity contribution >= 4 is 30.1 Å². The number of rotatable bonds is 4. The zero-order chi connectivity index (χ0) is 10.4. The third-order valence-electron chi connectivity index (χ3n) is 2.51. The summed E-state index contributed by atoms with van der Waals surface area (Å²) in [4.78, 5) is 11.6. The zero-order valence-corrected chi connectivity index (χ0v) is 11.0. The van der Waals surface area contributed by atoms with Crippen molar-refractivity contribution < 1.29 is 4.79 Å². The summed E-state index contributed by atoms with van der Waals surface area (Å²) >= 11 is 1.72. The summed E-state index contributed by atoms with van der Waals surface area (Å²) in [5, 5.41) is 6.38. The molecule has 0 aliphatic carbocycles. The molecule has 2 N–H and O–H groups in total. The predicted octanol–water partition coefficient (Wildman–Crippen LogP) is 1.28. The van der Waals surface area contributed by atoms with E-state index in [4.69, 9.17) is 0 Å². The summed E-state index contributed by atoms with van der Waals surface area (Å²) in [7, 11) is 0. The second-order valence-electron chi connectivity index (χ2n) is 3.91. The highest BCUT2D eigenvalue weighted by Crippen LogP contribution is 2.07. The third-order valence-corrected chi connectivity index (χ3v) is 3.34. The summed E-state index contributed by atoms with van der Waals surface area (Å²) in [6, 6.07) is 0.348. The second-order valence-corrected chi connectivity index (χ2v) is 4.82. The molecule has 0 saturated carbocycles. The maximum atomic E-state index is 11.6. The van der Waals surface area contributed by atoms with Crippen molar-refractivity contribution in [3.05, 3.63) is 0 Å². The van der Waals surface area contributed by atoms with Gasteiger partial charge in [0, 0.05) is 24.3 Å². The molecular weight excluding hydrogens is 232 g/mol. The van der Waals surface area contributed by atoms with Gasteiger partial charge < -0.3 is 10.6 Å². The smallest absolute Gasteiger partial charge is 0.223 e.